The van der Waals surface area contributed by atoms with Crippen LogP contribution >= 0.6 is 0 Å². The van der Waals surface area contributed by atoms with Gasteiger partial charge < -0.3 is 5.73 Å². The molecule has 1 aliphatic rings. The third-order valence-electron chi connectivity index (χ3n) is 3.23. The Morgan fingerprint density at radius 2 is 2.14 bits per heavy atom. The first-order chi connectivity index (χ1) is 6.81. The molecule has 1 aromatic heterocycles. The molecule has 1 saturated carbocycles. The monoisotopic (exact) mass is 193 g/mol. The molecule has 2 rings (SSSR count). The average molecular weight is 193 g/mol. The van der Waals surface area contributed by atoms with Gasteiger partial charge in [-0.15, -0.1) is 0 Å². The Balaban J connectivity index is 2.14. The second-order valence-electron chi connectivity index (χ2n) is 4.22. The van der Waals surface area contributed by atoms with E-state index in [0.717, 1.165) is 5.69 Å². The largest absolute Gasteiger partial charge is 0.325 e. The highest BCUT2D eigenvalue weighted by Crippen LogP contribution is 2.31. The number of hydrogen-bond donors (Lipinski definition) is 1. The van der Waals surface area contributed by atoms with Crippen LogP contribution in [-0.4, -0.2) is 9.78 Å². The van der Waals surface area contributed by atoms with E-state index < -0.39 is 0 Å². The molecule has 14 heavy (non-hydrogen) atoms. The van der Waals surface area contributed by atoms with Crippen LogP contribution in [0.4, 0.5) is 0 Å². The predicted molar refractivity (Wildman–Crippen MR) is 56.9 cm³/mol. The quantitative estimate of drug-likeness (QED) is 0.780. The van der Waals surface area contributed by atoms with E-state index in [1.54, 1.807) is 0 Å². The molecule has 0 aliphatic heterocycles. The smallest absolute Gasteiger partial charge is 0.0658 e. The van der Waals surface area contributed by atoms with Crippen molar-refractivity contribution < 1.29 is 0 Å². The molecule has 0 bridgehead atoms. The molecule has 1 heterocycles. The highest BCUT2D eigenvalue weighted by Gasteiger charge is 2.18. The van der Waals surface area contributed by atoms with Crippen LogP contribution in [0, 0.1) is 0 Å². The van der Waals surface area contributed by atoms with Gasteiger partial charge in [-0.2, -0.15) is 5.10 Å². The zero-order chi connectivity index (χ0) is 9.97. The minimum atomic E-state index is 0.593. The van der Waals surface area contributed by atoms with Gasteiger partial charge in [0.1, 0.15) is 0 Å². The second-order valence-corrected chi connectivity index (χ2v) is 4.22. The Labute approximate surface area is 85.3 Å². The van der Waals surface area contributed by atoms with Crippen LogP contribution in [0.15, 0.2) is 6.07 Å². The molecule has 3 nitrogen and oxygen atoms in total. The van der Waals surface area contributed by atoms with Crippen molar-refractivity contribution in [2.75, 3.05) is 0 Å². The van der Waals surface area contributed by atoms with Gasteiger partial charge in [-0.25, -0.2) is 0 Å². The molecule has 0 aromatic carbocycles. The summed E-state index contributed by atoms with van der Waals surface area (Å²) in [7, 11) is 1.98. The summed E-state index contributed by atoms with van der Waals surface area (Å²) >= 11 is 0. The lowest BCUT2D eigenvalue weighted by Gasteiger charge is -2.19. The summed E-state index contributed by atoms with van der Waals surface area (Å²) in [5.74, 6) is 0.690. The summed E-state index contributed by atoms with van der Waals surface area (Å²) in [5, 5.41) is 4.54. The fourth-order valence-corrected chi connectivity index (χ4v) is 2.32. The zero-order valence-electron chi connectivity index (χ0n) is 8.87. The minimum Gasteiger partial charge on any atom is -0.325 e. The Hall–Kier alpha value is -0.830. The van der Waals surface area contributed by atoms with E-state index in [1.165, 1.54) is 37.8 Å². The van der Waals surface area contributed by atoms with E-state index in [2.05, 4.69) is 11.2 Å². The topological polar surface area (TPSA) is 43.8 Å². The zero-order valence-corrected chi connectivity index (χ0v) is 8.87. The maximum Gasteiger partial charge on any atom is 0.0658 e. The number of aryl methyl sites for hydroxylation is 1. The summed E-state index contributed by atoms with van der Waals surface area (Å²) in [6.45, 7) is 0.593. The van der Waals surface area contributed by atoms with Gasteiger partial charge in [0.25, 0.3) is 0 Å². The lowest BCUT2D eigenvalue weighted by Crippen LogP contribution is -2.06. The number of aromatic nitrogens is 2. The molecule has 3 heteroatoms. The van der Waals surface area contributed by atoms with E-state index >= 15 is 0 Å². The van der Waals surface area contributed by atoms with Crippen LogP contribution in [0.1, 0.15) is 49.4 Å². The molecular formula is C11H19N3. The normalized spacial score (nSPS) is 18.7. The van der Waals surface area contributed by atoms with Gasteiger partial charge in [0.15, 0.2) is 0 Å². The van der Waals surface area contributed by atoms with Gasteiger partial charge >= 0.3 is 0 Å². The summed E-state index contributed by atoms with van der Waals surface area (Å²) in [6, 6.07) is 2.18. The molecular weight excluding hydrogens is 174 g/mol. The van der Waals surface area contributed by atoms with Crippen molar-refractivity contribution in [3.05, 3.63) is 17.5 Å². The van der Waals surface area contributed by atoms with E-state index in [9.17, 15) is 0 Å². The fourth-order valence-electron chi connectivity index (χ4n) is 2.32. The van der Waals surface area contributed by atoms with Gasteiger partial charge in [-0.1, -0.05) is 19.3 Å². The van der Waals surface area contributed by atoms with Crippen LogP contribution in [-0.2, 0) is 13.6 Å². The molecule has 0 radical (unpaired) electrons. The van der Waals surface area contributed by atoms with Crippen LogP contribution in [0.2, 0.25) is 0 Å². The number of nitrogens with two attached hydrogens (primary N) is 1. The molecule has 0 amide bonds. The first kappa shape index (κ1) is 9.71. The van der Waals surface area contributed by atoms with Crippen LogP contribution in [0.3, 0.4) is 0 Å². The lowest BCUT2D eigenvalue weighted by atomic mass is 9.87. The van der Waals surface area contributed by atoms with Gasteiger partial charge in [0.05, 0.1) is 11.4 Å². The molecule has 1 aliphatic carbocycles. The molecule has 1 aromatic rings. The van der Waals surface area contributed by atoms with Gasteiger partial charge in [-0.05, 0) is 18.9 Å². The third kappa shape index (κ3) is 1.82. The summed E-state index contributed by atoms with van der Waals surface area (Å²) < 4.78 is 1.92. The predicted octanol–water partition coefficient (Wildman–Crippen LogP) is 1.93. The lowest BCUT2D eigenvalue weighted by molar-refractivity contribution is 0.433. The number of rotatable bonds is 2. The van der Waals surface area contributed by atoms with E-state index in [-0.39, 0.29) is 0 Å². The van der Waals surface area contributed by atoms with Crippen molar-refractivity contribution in [3.8, 4) is 0 Å². The number of nitrogens with zero attached hydrogens (tertiary/aromatic N) is 2. The first-order valence-corrected chi connectivity index (χ1v) is 5.54. The van der Waals surface area contributed by atoms with Crippen molar-refractivity contribution in [1.82, 2.24) is 9.78 Å². The Morgan fingerprint density at radius 3 is 2.71 bits per heavy atom. The van der Waals surface area contributed by atoms with E-state index in [0.29, 0.717) is 12.5 Å². The van der Waals surface area contributed by atoms with E-state index in [1.807, 2.05) is 11.7 Å². The fraction of sp³-hybridized carbons (Fsp3) is 0.727. The highest BCUT2D eigenvalue weighted by molar-refractivity contribution is 5.14. The Morgan fingerprint density at radius 1 is 1.43 bits per heavy atom. The third-order valence-corrected chi connectivity index (χ3v) is 3.23. The molecule has 0 saturated heterocycles. The molecule has 78 valence electrons. The molecule has 0 spiro atoms. The summed E-state index contributed by atoms with van der Waals surface area (Å²) in [5.41, 5.74) is 8.03. The summed E-state index contributed by atoms with van der Waals surface area (Å²) in [6.07, 6.45) is 6.73. The van der Waals surface area contributed by atoms with Crippen LogP contribution in [0.25, 0.3) is 0 Å². The average Bonchev–Trinajstić information content (AvgIpc) is 2.61. The SMILES string of the molecule is Cn1nc(C2CCCCC2)cc1CN. The van der Waals surface area contributed by atoms with Gasteiger partial charge in [0.2, 0.25) is 0 Å². The summed E-state index contributed by atoms with van der Waals surface area (Å²) in [4.78, 5) is 0. The first-order valence-electron chi connectivity index (χ1n) is 5.54. The molecule has 1 fully saturated rings. The Kier molecular flexibility index (Phi) is 2.87. The minimum absolute atomic E-state index is 0.593. The number of hydrogen-bond acceptors (Lipinski definition) is 2. The van der Waals surface area contributed by atoms with Gasteiger partial charge in [-0.3, -0.25) is 4.68 Å². The van der Waals surface area contributed by atoms with E-state index in [4.69, 9.17) is 5.73 Å². The second kappa shape index (κ2) is 4.13. The van der Waals surface area contributed by atoms with Crippen LogP contribution < -0.4 is 5.73 Å². The van der Waals surface area contributed by atoms with Crippen molar-refractivity contribution in [2.45, 2.75) is 44.6 Å². The van der Waals surface area contributed by atoms with Crippen molar-refractivity contribution >= 4 is 0 Å². The maximum atomic E-state index is 5.63. The van der Waals surface area contributed by atoms with Crippen molar-refractivity contribution in [2.24, 2.45) is 12.8 Å². The molecule has 2 N–H and O–H groups in total. The molecule has 0 unspecified atom stereocenters. The van der Waals surface area contributed by atoms with Crippen molar-refractivity contribution in [3.63, 3.8) is 0 Å². The highest BCUT2D eigenvalue weighted by atomic mass is 15.3. The standard InChI is InChI=1S/C11H19N3/c1-14-10(8-12)7-11(13-14)9-5-3-2-4-6-9/h7,9H,2-6,8,12H2,1H3. The Bertz CT molecular complexity index is 297. The van der Waals surface area contributed by atoms with Crippen molar-refractivity contribution in [1.29, 1.82) is 0 Å². The van der Waals surface area contributed by atoms with Crippen LogP contribution in [0.5, 0.6) is 0 Å². The molecule has 0 atom stereocenters. The van der Waals surface area contributed by atoms with Gasteiger partial charge in [0, 0.05) is 19.5 Å². The maximum absolute atomic E-state index is 5.63.